The molecule has 0 N–H and O–H groups in total. The van der Waals surface area contributed by atoms with Gasteiger partial charge in [0.15, 0.2) is 0 Å². The van der Waals surface area contributed by atoms with Gasteiger partial charge in [0.2, 0.25) is 11.8 Å². The van der Waals surface area contributed by atoms with Gasteiger partial charge in [-0.25, -0.2) is 9.97 Å². The van der Waals surface area contributed by atoms with Crippen LogP contribution in [-0.2, 0) is 7.05 Å². The summed E-state index contributed by atoms with van der Waals surface area (Å²) in [5, 5.41) is 0.635. The lowest BCUT2D eigenvalue weighted by Crippen LogP contribution is -2.31. The molecule has 7 heteroatoms. The molecule has 1 aliphatic heterocycles. The number of hydrogen-bond acceptors (Lipinski definition) is 6. The molecule has 1 unspecified atom stereocenters. The maximum Gasteiger partial charge on any atom is 0.261 e. The van der Waals surface area contributed by atoms with E-state index in [9.17, 15) is 4.79 Å². The number of aromatic nitrogens is 4. The first-order valence-electron chi connectivity index (χ1n) is 8.28. The van der Waals surface area contributed by atoms with Crippen molar-refractivity contribution in [2.45, 2.75) is 18.9 Å². The topological polar surface area (TPSA) is 73.1 Å². The minimum atomic E-state index is -0.0330. The molecule has 25 heavy (non-hydrogen) atoms. The van der Waals surface area contributed by atoms with E-state index in [-0.39, 0.29) is 11.6 Å². The van der Waals surface area contributed by atoms with E-state index in [2.05, 4.69) is 14.9 Å². The molecular formula is C18H19N5O2. The summed E-state index contributed by atoms with van der Waals surface area (Å²) < 4.78 is 6.85. The number of methoxy groups -OCH3 is 1. The van der Waals surface area contributed by atoms with Crippen LogP contribution in [0, 0.1) is 0 Å². The second-order valence-electron chi connectivity index (χ2n) is 6.10. The van der Waals surface area contributed by atoms with E-state index < -0.39 is 0 Å². The predicted octanol–water partition coefficient (Wildman–Crippen LogP) is 2.07. The Kier molecular flexibility index (Phi) is 3.83. The highest BCUT2D eigenvalue weighted by Gasteiger charge is 2.31. The Labute approximate surface area is 144 Å². The summed E-state index contributed by atoms with van der Waals surface area (Å²) in [6.45, 7) is 0.820. The number of benzene rings is 1. The highest BCUT2D eigenvalue weighted by molar-refractivity contribution is 5.77. The molecule has 0 radical (unpaired) electrons. The number of para-hydroxylation sites is 1. The smallest absolute Gasteiger partial charge is 0.261 e. The molecule has 3 aromatic rings. The molecule has 1 aliphatic rings. The summed E-state index contributed by atoms with van der Waals surface area (Å²) in [6, 6.07) is 9.13. The zero-order valence-corrected chi connectivity index (χ0v) is 14.2. The van der Waals surface area contributed by atoms with E-state index in [1.54, 1.807) is 31.0 Å². The van der Waals surface area contributed by atoms with Crippen LogP contribution in [0.5, 0.6) is 5.88 Å². The van der Waals surface area contributed by atoms with Crippen molar-refractivity contribution in [2.75, 3.05) is 18.6 Å². The van der Waals surface area contributed by atoms with Crippen LogP contribution in [0.15, 0.2) is 41.3 Å². The molecule has 1 saturated heterocycles. The lowest BCUT2D eigenvalue weighted by Gasteiger charge is -2.25. The second-order valence-corrected chi connectivity index (χ2v) is 6.10. The molecule has 4 rings (SSSR count). The molecule has 1 fully saturated rings. The summed E-state index contributed by atoms with van der Waals surface area (Å²) in [6.07, 6.45) is 3.58. The molecule has 0 spiro atoms. The SMILES string of the molecule is COc1ccnc(N2CCCC2c2nc3ccccc3c(=O)n2C)n1. The lowest BCUT2D eigenvalue weighted by atomic mass is 10.1. The molecule has 128 valence electrons. The maximum atomic E-state index is 12.7. The van der Waals surface area contributed by atoms with Gasteiger partial charge in [0.1, 0.15) is 5.82 Å². The number of fused-ring (bicyclic) bond motifs is 1. The van der Waals surface area contributed by atoms with Crippen molar-refractivity contribution in [3.8, 4) is 5.88 Å². The second kappa shape index (κ2) is 6.16. The van der Waals surface area contributed by atoms with E-state index >= 15 is 0 Å². The third kappa shape index (κ3) is 2.61. The average molecular weight is 337 g/mol. The van der Waals surface area contributed by atoms with Gasteiger partial charge in [0.05, 0.1) is 24.1 Å². The fourth-order valence-electron chi connectivity index (χ4n) is 3.39. The normalized spacial score (nSPS) is 17.2. The van der Waals surface area contributed by atoms with Gasteiger partial charge in [-0.15, -0.1) is 0 Å². The Bertz CT molecular complexity index is 985. The van der Waals surface area contributed by atoms with Crippen LogP contribution in [0.25, 0.3) is 10.9 Å². The lowest BCUT2D eigenvalue weighted by molar-refractivity contribution is 0.396. The van der Waals surface area contributed by atoms with Crippen molar-refractivity contribution >= 4 is 16.9 Å². The highest BCUT2D eigenvalue weighted by Crippen LogP contribution is 2.33. The molecule has 2 aromatic heterocycles. The minimum Gasteiger partial charge on any atom is -0.481 e. The van der Waals surface area contributed by atoms with Gasteiger partial charge in [0.25, 0.3) is 5.56 Å². The average Bonchev–Trinajstić information content (AvgIpc) is 3.14. The third-order valence-corrected chi connectivity index (χ3v) is 4.65. The molecule has 1 aromatic carbocycles. The summed E-state index contributed by atoms with van der Waals surface area (Å²) in [5.74, 6) is 1.87. The zero-order chi connectivity index (χ0) is 17.4. The number of ether oxygens (including phenoxy) is 1. The van der Waals surface area contributed by atoms with E-state index in [1.807, 2.05) is 24.3 Å². The number of rotatable bonds is 3. The van der Waals surface area contributed by atoms with Gasteiger partial charge in [-0.1, -0.05) is 12.1 Å². The van der Waals surface area contributed by atoms with Crippen LogP contribution in [-0.4, -0.2) is 33.2 Å². The van der Waals surface area contributed by atoms with Crippen molar-refractivity contribution < 1.29 is 4.74 Å². The Morgan fingerprint density at radius 2 is 2.04 bits per heavy atom. The molecule has 3 heterocycles. The van der Waals surface area contributed by atoms with Crippen LogP contribution in [0.4, 0.5) is 5.95 Å². The first-order valence-corrected chi connectivity index (χ1v) is 8.28. The van der Waals surface area contributed by atoms with Crippen LogP contribution in [0.1, 0.15) is 24.7 Å². The predicted molar refractivity (Wildman–Crippen MR) is 94.9 cm³/mol. The number of hydrogen-bond donors (Lipinski definition) is 0. The van der Waals surface area contributed by atoms with E-state index in [1.165, 1.54) is 0 Å². The molecule has 0 amide bonds. The zero-order valence-electron chi connectivity index (χ0n) is 14.2. The molecule has 7 nitrogen and oxygen atoms in total. The van der Waals surface area contributed by atoms with E-state index in [0.717, 1.165) is 30.7 Å². The van der Waals surface area contributed by atoms with Gasteiger partial charge in [-0.2, -0.15) is 4.98 Å². The van der Waals surface area contributed by atoms with Crippen molar-refractivity contribution in [3.63, 3.8) is 0 Å². The quantitative estimate of drug-likeness (QED) is 0.728. The summed E-state index contributed by atoms with van der Waals surface area (Å²) >= 11 is 0. The minimum absolute atomic E-state index is 0.0287. The summed E-state index contributed by atoms with van der Waals surface area (Å²) in [5.41, 5.74) is 0.693. The number of anilines is 1. The van der Waals surface area contributed by atoms with E-state index in [0.29, 0.717) is 17.2 Å². The van der Waals surface area contributed by atoms with Gasteiger partial charge in [-0.3, -0.25) is 9.36 Å². The fraction of sp³-hybridized carbons (Fsp3) is 0.333. The van der Waals surface area contributed by atoms with Gasteiger partial charge >= 0.3 is 0 Å². The van der Waals surface area contributed by atoms with Gasteiger partial charge < -0.3 is 9.64 Å². The largest absolute Gasteiger partial charge is 0.481 e. The van der Waals surface area contributed by atoms with Crippen LogP contribution in [0.3, 0.4) is 0 Å². The van der Waals surface area contributed by atoms with Crippen molar-refractivity contribution in [3.05, 3.63) is 52.7 Å². The van der Waals surface area contributed by atoms with Crippen molar-refractivity contribution in [1.82, 2.24) is 19.5 Å². The summed E-state index contributed by atoms with van der Waals surface area (Å²) in [4.78, 5) is 28.4. The fourth-order valence-corrected chi connectivity index (χ4v) is 3.39. The van der Waals surface area contributed by atoms with Crippen LogP contribution < -0.4 is 15.2 Å². The maximum absolute atomic E-state index is 12.7. The summed E-state index contributed by atoms with van der Waals surface area (Å²) in [7, 11) is 3.36. The molecule has 0 bridgehead atoms. The monoisotopic (exact) mass is 337 g/mol. The van der Waals surface area contributed by atoms with Crippen molar-refractivity contribution in [1.29, 1.82) is 0 Å². The third-order valence-electron chi connectivity index (χ3n) is 4.65. The Morgan fingerprint density at radius 1 is 1.20 bits per heavy atom. The van der Waals surface area contributed by atoms with Crippen LogP contribution in [0.2, 0.25) is 0 Å². The first kappa shape index (κ1) is 15.6. The standard InChI is InChI=1S/C18H19N5O2/c1-22-16(20-13-7-4-3-6-12(13)17(22)24)14-8-5-11-23(14)18-19-10-9-15(21-18)25-2/h3-4,6-7,9-10,14H,5,8,11H2,1-2H3. The Hall–Kier alpha value is -2.96. The molecule has 0 saturated carbocycles. The Morgan fingerprint density at radius 3 is 2.88 bits per heavy atom. The Balaban J connectivity index is 1.81. The molecule has 1 atom stereocenters. The number of nitrogens with zero attached hydrogens (tertiary/aromatic N) is 5. The van der Waals surface area contributed by atoms with Gasteiger partial charge in [-0.05, 0) is 25.0 Å². The molecule has 0 aliphatic carbocycles. The highest BCUT2D eigenvalue weighted by atomic mass is 16.5. The van der Waals surface area contributed by atoms with Crippen LogP contribution >= 0.6 is 0 Å². The van der Waals surface area contributed by atoms with E-state index in [4.69, 9.17) is 9.72 Å². The van der Waals surface area contributed by atoms with Gasteiger partial charge in [0, 0.05) is 25.9 Å². The van der Waals surface area contributed by atoms with Crippen molar-refractivity contribution in [2.24, 2.45) is 7.05 Å². The molecular weight excluding hydrogens is 318 g/mol. The first-order chi connectivity index (χ1) is 12.2.